The van der Waals surface area contributed by atoms with Crippen molar-refractivity contribution in [1.82, 2.24) is 0 Å². The average Bonchev–Trinajstić information content (AvgIpc) is 2.87. The van der Waals surface area contributed by atoms with Crippen LogP contribution in [0.4, 0.5) is 0 Å². The Bertz CT molecular complexity index is 1290. The molecule has 0 aromatic rings. The van der Waals surface area contributed by atoms with Crippen LogP contribution >= 0.6 is 0 Å². The molecule has 0 fully saturated rings. The third kappa shape index (κ3) is 12.3. The molecule has 43 heavy (non-hydrogen) atoms. The van der Waals surface area contributed by atoms with E-state index in [4.69, 9.17) is 0 Å². The fourth-order valence-electron chi connectivity index (χ4n) is 6.19. The minimum absolute atomic E-state index is 0.0111. The molecule has 3 heteroatoms. The second-order valence-corrected chi connectivity index (χ2v) is 13.7. The van der Waals surface area contributed by atoms with Crippen molar-refractivity contribution in [2.24, 2.45) is 16.7 Å². The number of allylic oxidation sites excluding steroid dienone is 18. The lowest BCUT2D eigenvalue weighted by atomic mass is 9.67. The molecule has 3 nitrogen and oxygen atoms in total. The summed E-state index contributed by atoms with van der Waals surface area (Å²) in [5, 5.41) is 29.9. The van der Waals surface area contributed by atoms with Crippen molar-refractivity contribution in [3.63, 3.8) is 0 Å². The summed E-state index contributed by atoms with van der Waals surface area (Å²) >= 11 is 0. The number of aliphatic hydroxyl groups is 3. The molecule has 0 heterocycles. The molecule has 2 aliphatic rings. The molecular weight excluding hydrogens is 528 g/mol. The van der Waals surface area contributed by atoms with E-state index in [1.807, 2.05) is 48.6 Å². The molecule has 0 spiro atoms. The summed E-state index contributed by atoms with van der Waals surface area (Å²) in [6.45, 7) is 19.3. The minimum atomic E-state index is -0.355. The largest absolute Gasteiger partial charge is 0.393 e. The van der Waals surface area contributed by atoms with Crippen molar-refractivity contribution in [1.29, 1.82) is 0 Å². The summed E-state index contributed by atoms with van der Waals surface area (Å²) in [6.07, 6.45) is 32.6. The molecule has 0 aromatic carbocycles. The summed E-state index contributed by atoms with van der Waals surface area (Å²) in [5.74, 6) is 0.308. The number of rotatable bonds is 11. The maximum atomic E-state index is 10.1. The van der Waals surface area contributed by atoms with Crippen LogP contribution in [-0.4, -0.2) is 34.1 Å². The van der Waals surface area contributed by atoms with Crippen molar-refractivity contribution >= 4 is 0 Å². The molecular formula is C40H56O3. The number of hydrogen-bond acceptors (Lipinski definition) is 3. The van der Waals surface area contributed by atoms with E-state index >= 15 is 0 Å². The lowest BCUT2D eigenvalue weighted by Crippen LogP contribution is -2.32. The third-order valence-corrected chi connectivity index (χ3v) is 8.41. The smallest absolute Gasteiger partial charge is 0.0729 e. The molecule has 0 aromatic heterocycles. The summed E-state index contributed by atoms with van der Waals surface area (Å²) in [5.41, 5.74) is 8.10. The van der Waals surface area contributed by atoms with Crippen LogP contribution in [0.2, 0.25) is 0 Å². The lowest BCUT2D eigenvalue weighted by Gasteiger charge is -2.38. The molecule has 0 amide bonds. The molecule has 234 valence electrons. The maximum Gasteiger partial charge on any atom is 0.0729 e. The Hall–Kier alpha value is -2.98. The van der Waals surface area contributed by atoms with E-state index in [1.54, 1.807) is 0 Å². The molecule has 2 aliphatic carbocycles. The van der Waals surface area contributed by atoms with Crippen molar-refractivity contribution in [3.8, 4) is 0 Å². The van der Waals surface area contributed by atoms with Gasteiger partial charge in [-0.15, -0.1) is 0 Å². The van der Waals surface area contributed by atoms with Crippen LogP contribution in [0, 0.1) is 16.7 Å². The molecule has 0 bridgehead atoms. The lowest BCUT2D eigenvalue weighted by molar-refractivity contribution is 0.116. The van der Waals surface area contributed by atoms with Crippen LogP contribution < -0.4 is 0 Å². The first-order valence-electron chi connectivity index (χ1n) is 15.6. The van der Waals surface area contributed by atoms with E-state index in [0.29, 0.717) is 5.92 Å². The normalized spacial score (nSPS) is 26.2. The van der Waals surface area contributed by atoms with Crippen molar-refractivity contribution < 1.29 is 15.3 Å². The van der Waals surface area contributed by atoms with Crippen molar-refractivity contribution in [2.45, 2.75) is 93.8 Å². The Balaban J connectivity index is 1.94. The maximum absolute atomic E-state index is 10.1. The summed E-state index contributed by atoms with van der Waals surface area (Å²) in [6, 6.07) is 0. The molecule has 2 rings (SSSR count). The Kier molecular flexibility index (Phi) is 14.1. The van der Waals surface area contributed by atoms with Gasteiger partial charge in [-0.05, 0) is 75.9 Å². The number of aliphatic hydroxyl groups excluding tert-OH is 3. The zero-order chi connectivity index (χ0) is 32.2. The Morgan fingerprint density at radius 2 is 1.37 bits per heavy atom. The average molecular weight is 585 g/mol. The van der Waals surface area contributed by atoms with Crippen molar-refractivity contribution in [3.05, 3.63) is 130 Å². The van der Waals surface area contributed by atoms with E-state index in [1.165, 1.54) is 22.3 Å². The molecule has 0 saturated heterocycles. The first-order valence-corrected chi connectivity index (χ1v) is 15.6. The number of hydrogen-bond donors (Lipinski definition) is 3. The Labute approximate surface area is 262 Å². The van der Waals surface area contributed by atoms with Gasteiger partial charge in [0.1, 0.15) is 0 Å². The predicted molar refractivity (Wildman–Crippen MR) is 186 cm³/mol. The van der Waals surface area contributed by atoms with E-state index in [0.717, 1.165) is 36.0 Å². The summed E-state index contributed by atoms with van der Waals surface area (Å²) in [4.78, 5) is 0. The van der Waals surface area contributed by atoms with Crippen LogP contribution in [0.5, 0.6) is 0 Å². The van der Waals surface area contributed by atoms with Gasteiger partial charge in [-0.3, -0.25) is 0 Å². The summed E-state index contributed by atoms with van der Waals surface area (Å²) < 4.78 is 0. The molecule has 3 atom stereocenters. The topological polar surface area (TPSA) is 60.7 Å². The van der Waals surface area contributed by atoms with Gasteiger partial charge in [-0.1, -0.05) is 147 Å². The molecule has 3 N–H and O–H groups in total. The SMILES string of the molecule is CC(C=CC1=C(C)CC(O)CC1(C)C)=CC=CC(C)=C/C=C/C=C(/C=C/C=C(C)/C=C/C1C(C)=CC(O)CC1(C)C)CO. The van der Waals surface area contributed by atoms with Gasteiger partial charge in [0.25, 0.3) is 0 Å². The van der Waals surface area contributed by atoms with Gasteiger partial charge in [0.15, 0.2) is 0 Å². The van der Waals surface area contributed by atoms with Gasteiger partial charge < -0.3 is 15.3 Å². The highest BCUT2D eigenvalue weighted by Gasteiger charge is 2.34. The van der Waals surface area contributed by atoms with E-state index in [2.05, 4.69) is 105 Å². The fourth-order valence-corrected chi connectivity index (χ4v) is 6.19. The highest BCUT2D eigenvalue weighted by molar-refractivity contribution is 5.38. The van der Waals surface area contributed by atoms with Gasteiger partial charge in [0.2, 0.25) is 0 Å². The highest BCUT2D eigenvalue weighted by Crippen LogP contribution is 2.42. The second-order valence-electron chi connectivity index (χ2n) is 13.7. The van der Waals surface area contributed by atoms with Gasteiger partial charge in [-0.25, -0.2) is 0 Å². The van der Waals surface area contributed by atoms with Crippen LogP contribution in [0.25, 0.3) is 0 Å². The third-order valence-electron chi connectivity index (χ3n) is 8.41. The Morgan fingerprint density at radius 3 is 2.00 bits per heavy atom. The van der Waals surface area contributed by atoms with Gasteiger partial charge >= 0.3 is 0 Å². The zero-order valence-electron chi connectivity index (χ0n) is 28.1. The van der Waals surface area contributed by atoms with Crippen LogP contribution in [0.3, 0.4) is 0 Å². The molecule has 3 unspecified atom stereocenters. The second kappa shape index (κ2) is 16.8. The molecule has 0 radical (unpaired) electrons. The van der Waals surface area contributed by atoms with Gasteiger partial charge in [0, 0.05) is 5.92 Å². The molecule has 0 aliphatic heterocycles. The van der Waals surface area contributed by atoms with E-state index in [9.17, 15) is 15.3 Å². The standard InChI is InChI=1S/C40H56O3/c1-29(15-12-16-30(2)20-22-37-32(4)24-35(42)26-39(37,6)7)14-10-11-18-34(28-41)19-13-17-31(3)21-23-38-33(5)25-36(43)27-40(38,8)9/h10-23,25,35-36,38,41-43H,24,26-28H2,1-9H3/b11-10+,15-12?,19-13+,22-20?,23-21+,29-14?,30-16?,31-17+,34-18-. The van der Waals surface area contributed by atoms with Crippen LogP contribution in [0.1, 0.15) is 81.6 Å². The monoisotopic (exact) mass is 584 g/mol. The van der Waals surface area contributed by atoms with Crippen LogP contribution in [-0.2, 0) is 0 Å². The fraction of sp³-hybridized carbons (Fsp3) is 0.450. The van der Waals surface area contributed by atoms with E-state index < -0.39 is 0 Å². The van der Waals surface area contributed by atoms with Crippen molar-refractivity contribution in [2.75, 3.05) is 6.61 Å². The first-order chi connectivity index (χ1) is 20.1. The van der Waals surface area contributed by atoms with Crippen LogP contribution in [0.15, 0.2) is 130 Å². The Morgan fingerprint density at radius 1 is 0.791 bits per heavy atom. The van der Waals surface area contributed by atoms with E-state index in [-0.39, 0.29) is 29.6 Å². The zero-order valence-corrected chi connectivity index (χ0v) is 28.1. The van der Waals surface area contributed by atoms with Gasteiger partial charge in [0.05, 0.1) is 18.8 Å². The quantitative estimate of drug-likeness (QED) is 0.167. The highest BCUT2D eigenvalue weighted by atomic mass is 16.3. The minimum Gasteiger partial charge on any atom is -0.393 e. The van der Waals surface area contributed by atoms with Gasteiger partial charge in [-0.2, -0.15) is 0 Å². The molecule has 0 saturated carbocycles. The first kappa shape index (κ1) is 36.2. The summed E-state index contributed by atoms with van der Waals surface area (Å²) in [7, 11) is 0. The predicted octanol–water partition coefficient (Wildman–Crippen LogP) is 9.38.